The molecule has 2 unspecified atom stereocenters. The molecule has 0 aromatic heterocycles. The van der Waals surface area contributed by atoms with Crippen LogP contribution in [0.1, 0.15) is 37.8 Å². The molecular formula is C15H23FN2. The Bertz CT molecular complexity index is 405. The van der Waals surface area contributed by atoms with E-state index in [1.54, 1.807) is 6.07 Å². The van der Waals surface area contributed by atoms with Crippen LogP contribution >= 0.6 is 0 Å². The quantitative estimate of drug-likeness (QED) is 0.893. The first kappa shape index (κ1) is 13.5. The topological polar surface area (TPSA) is 29.3 Å². The van der Waals surface area contributed by atoms with E-state index in [2.05, 4.69) is 18.7 Å². The van der Waals surface area contributed by atoms with Gasteiger partial charge in [-0.25, -0.2) is 4.39 Å². The number of hydrogen-bond donors (Lipinski definition) is 1. The average Bonchev–Trinajstić information content (AvgIpc) is 2.33. The van der Waals surface area contributed by atoms with Crippen molar-refractivity contribution in [1.82, 2.24) is 4.90 Å². The van der Waals surface area contributed by atoms with E-state index >= 15 is 0 Å². The Labute approximate surface area is 109 Å². The van der Waals surface area contributed by atoms with Crippen molar-refractivity contribution >= 4 is 0 Å². The molecule has 18 heavy (non-hydrogen) atoms. The summed E-state index contributed by atoms with van der Waals surface area (Å²) < 4.78 is 13.5. The molecule has 1 heterocycles. The molecule has 2 nitrogen and oxygen atoms in total. The SMILES string of the molecule is CC1CCC(C)N(Cc2cc(F)cc(CN)c2)C1. The monoisotopic (exact) mass is 250 g/mol. The van der Waals surface area contributed by atoms with Gasteiger partial charge in [0, 0.05) is 25.7 Å². The van der Waals surface area contributed by atoms with E-state index in [0.29, 0.717) is 12.6 Å². The number of rotatable bonds is 3. The summed E-state index contributed by atoms with van der Waals surface area (Å²) in [5, 5.41) is 0. The summed E-state index contributed by atoms with van der Waals surface area (Å²) in [6.45, 7) is 6.88. The van der Waals surface area contributed by atoms with E-state index in [0.717, 1.165) is 30.1 Å². The lowest BCUT2D eigenvalue weighted by molar-refractivity contribution is 0.117. The minimum Gasteiger partial charge on any atom is -0.326 e. The smallest absolute Gasteiger partial charge is 0.123 e. The van der Waals surface area contributed by atoms with Gasteiger partial charge in [-0.3, -0.25) is 4.90 Å². The van der Waals surface area contributed by atoms with E-state index in [1.165, 1.54) is 18.9 Å². The standard InChI is InChI=1S/C15H23FN2/c1-11-3-4-12(2)18(9-11)10-14-5-13(8-17)6-15(16)7-14/h5-7,11-12H,3-4,8-10,17H2,1-2H3. The summed E-state index contributed by atoms with van der Waals surface area (Å²) in [5.41, 5.74) is 7.51. The van der Waals surface area contributed by atoms with Crippen LogP contribution in [0.2, 0.25) is 0 Å². The third kappa shape index (κ3) is 3.30. The minimum absolute atomic E-state index is 0.175. The third-order valence-electron chi connectivity index (χ3n) is 3.89. The van der Waals surface area contributed by atoms with Gasteiger partial charge in [-0.15, -0.1) is 0 Å². The number of halogens is 1. The average molecular weight is 250 g/mol. The Balaban J connectivity index is 2.10. The van der Waals surface area contributed by atoms with Crippen LogP contribution in [-0.4, -0.2) is 17.5 Å². The molecule has 0 bridgehead atoms. The van der Waals surface area contributed by atoms with Crippen LogP contribution in [0.25, 0.3) is 0 Å². The van der Waals surface area contributed by atoms with E-state index < -0.39 is 0 Å². The van der Waals surface area contributed by atoms with Gasteiger partial charge in [0.15, 0.2) is 0 Å². The van der Waals surface area contributed by atoms with Crippen molar-refractivity contribution in [2.24, 2.45) is 11.7 Å². The van der Waals surface area contributed by atoms with E-state index in [9.17, 15) is 4.39 Å². The van der Waals surface area contributed by atoms with Crippen molar-refractivity contribution in [1.29, 1.82) is 0 Å². The number of hydrogen-bond acceptors (Lipinski definition) is 2. The van der Waals surface area contributed by atoms with Gasteiger partial charge in [0.2, 0.25) is 0 Å². The molecule has 1 fully saturated rings. The van der Waals surface area contributed by atoms with Crippen LogP contribution in [0.15, 0.2) is 18.2 Å². The van der Waals surface area contributed by atoms with E-state index in [-0.39, 0.29) is 5.82 Å². The normalized spacial score (nSPS) is 25.3. The van der Waals surface area contributed by atoms with Crippen molar-refractivity contribution in [3.63, 3.8) is 0 Å². The second kappa shape index (κ2) is 5.81. The lowest BCUT2D eigenvalue weighted by Gasteiger charge is -2.36. The van der Waals surface area contributed by atoms with Crippen LogP contribution in [0, 0.1) is 11.7 Å². The molecule has 0 aliphatic carbocycles. The van der Waals surface area contributed by atoms with Crippen molar-refractivity contribution in [2.45, 2.75) is 45.8 Å². The molecule has 2 atom stereocenters. The Hall–Kier alpha value is -0.930. The van der Waals surface area contributed by atoms with Crippen molar-refractivity contribution in [2.75, 3.05) is 6.54 Å². The first-order chi connectivity index (χ1) is 8.58. The van der Waals surface area contributed by atoms with Crippen molar-refractivity contribution in [3.05, 3.63) is 35.1 Å². The van der Waals surface area contributed by atoms with Gasteiger partial charge in [0.05, 0.1) is 0 Å². The highest BCUT2D eigenvalue weighted by molar-refractivity contribution is 5.24. The number of benzene rings is 1. The van der Waals surface area contributed by atoms with Crippen molar-refractivity contribution < 1.29 is 4.39 Å². The molecule has 1 aromatic rings. The molecule has 0 radical (unpaired) electrons. The van der Waals surface area contributed by atoms with Gasteiger partial charge >= 0.3 is 0 Å². The van der Waals surface area contributed by atoms with Gasteiger partial charge in [0.1, 0.15) is 5.82 Å². The van der Waals surface area contributed by atoms with Crippen LogP contribution in [0.5, 0.6) is 0 Å². The minimum atomic E-state index is -0.175. The van der Waals surface area contributed by atoms with Gasteiger partial charge in [-0.1, -0.05) is 13.0 Å². The molecule has 1 saturated heterocycles. The molecule has 0 spiro atoms. The Morgan fingerprint density at radius 1 is 1.22 bits per heavy atom. The maximum absolute atomic E-state index is 13.5. The van der Waals surface area contributed by atoms with Crippen LogP contribution in [-0.2, 0) is 13.1 Å². The first-order valence-corrected chi connectivity index (χ1v) is 6.81. The Morgan fingerprint density at radius 2 is 1.94 bits per heavy atom. The maximum atomic E-state index is 13.5. The molecule has 2 rings (SSSR count). The molecule has 1 aliphatic rings. The second-order valence-corrected chi connectivity index (χ2v) is 5.63. The molecule has 100 valence electrons. The molecule has 1 aliphatic heterocycles. The van der Waals surface area contributed by atoms with Gasteiger partial charge in [-0.2, -0.15) is 0 Å². The Kier molecular flexibility index (Phi) is 4.36. The highest BCUT2D eigenvalue weighted by Gasteiger charge is 2.22. The van der Waals surface area contributed by atoms with E-state index in [4.69, 9.17) is 5.73 Å². The van der Waals surface area contributed by atoms with Gasteiger partial charge < -0.3 is 5.73 Å². The number of nitrogens with zero attached hydrogens (tertiary/aromatic N) is 1. The molecule has 2 N–H and O–H groups in total. The maximum Gasteiger partial charge on any atom is 0.123 e. The largest absolute Gasteiger partial charge is 0.326 e. The summed E-state index contributed by atoms with van der Waals surface area (Å²) in [4.78, 5) is 2.45. The summed E-state index contributed by atoms with van der Waals surface area (Å²) in [7, 11) is 0. The predicted octanol–water partition coefficient (Wildman–Crippen LogP) is 2.90. The first-order valence-electron chi connectivity index (χ1n) is 6.81. The molecule has 1 aromatic carbocycles. The molecule has 0 saturated carbocycles. The highest BCUT2D eigenvalue weighted by atomic mass is 19.1. The fourth-order valence-electron chi connectivity index (χ4n) is 2.76. The zero-order valence-corrected chi connectivity index (χ0v) is 11.3. The summed E-state index contributed by atoms with van der Waals surface area (Å²) in [6, 6.07) is 5.76. The van der Waals surface area contributed by atoms with Crippen LogP contribution < -0.4 is 5.73 Å². The zero-order chi connectivity index (χ0) is 13.1. The van der Waals surface area contributed by atoms with Gasteiger partial charge in [0.25, 0.3) is 0 Å². The lowest BCUT2D eigenvalue weighted by Crippen LogP contribution is -2.40. The number of likely N-dealkylation sites (tertiary alicyclic amines) is 1. The fourth-order valence-corrected chi connectivity index (χ4v) is 2.76. The third-order valence-corrected chi connectivity index (χ3v) is 3.89. The number of nitrogens with two attached hydrogens (primary N) is 1. The van der Waals surface area contributed by atoms with Gasteiger partial charge in [-0.05, 0) is 48.9 Å². The molecule has 3 heteroatoms. The highest BCUT2D eigenvalue weighted by Crippen LogP contribution is 2.23. The summed E-state index contributed by atoms with van der Waals surface area (Å²) >= 11 is 0. The van der Waals surface area contributed by atoms with Crippen molar-refractivity contribution in [3.8, 4) is 0 Å². The van der Waals surface area contributed by atoms with Crippen LogP contribution in [0.3, 0.4) is 0 Å². The van der Waals surface area contributed by atoms with E-state index in [1.807, 2.05) is 6.07 Å². The van der Waals surface area contributed by atoms with Crippen LogP contribution in [0.4, 0.5) is 4.39 Å². The zero-order valence-electron chi connectivity index (χ0n) is 11.3. The summed E-state index contributed by atoms with van der Waals surface area (Å²) in [6.07, 6.45) is 2.54. The summed E-state index contributed by atoms with van der Waals surface area (Å²) in [5.74, 6) is 0.564. The predicted molar refractivity (Wildman–Crippen MR) is 72.6 cm³/mol. The fraction of sp³-hybridized carbons (Fsp3) is 0.600. The molecular weight excluding hydrogens is 227 g/mol. The Morgan fingerprint density at radius 3 is 2.67 bits per heavy atom. The number of piperidine rings is 1. The lowest BCUT2D eigenvalue weighted by atomic mass is 9.94. The molecule has 0 amide bonds. The second-order valence-electron chi connectivity index (χ2n) is 5.63.